The molecule has 0 spiro atoms. The first-order valence-corrected chi connectivity index (χ1v) is 8.97. The predicted octanol–water partition coefficient (Wildman–Crippen LogP) is 2.98. The van der Waals surface area contributed by atoms with Gasteiger partial charge in [0.1, 0.15) is 11.6 Å². The van der Waals surface area contributed by atoms with E-state index in [2.05, 4.69) is 4.98 Å². The molecule has 4 rings (SSSR count). The molecule has 2 aliphatic heterocycles. The molecule has 4 nitrogen and oxygen atoms in total. The van der Waals surface area contributed by atoms with Crippen LogP contribution in [0.2, 0.25) is 0 Å². The zero-order chi connectivity index (χ0) is 18.1. The number of aromatic nitrogens is 1. The Kier molecular flexibility index (Phi) is 4.68. The third kappa shape index (κ3) is 3.46. The zero-order valence-corrected chi connectivity index (χ0v) is 14.4. The predicted molar refractivity (Wildman–Crippen MR) is 92.9 cm³/mol. The van der Waals surface area contributed by atoms with Gasteiger partial charge >= 0.3 is 0 Å². The molecule has 26 heavy (non-hydrogen) atoms. The van der Waals surface area contributed by atoms with Crippen LogP contribution in [0.15, 0.2) is 42.6 Å². The summed E-state index contributed by atoms with van der Waals surface area (Å²) in [5.74, 6) is -0.592. The monoisotopic (exact) mass is 357 g/mol. The maximum Gasteiger partial charge on any atom is 0.240 e. The Hall–Kier alpha value is -2.34. The smallest absolute Gasteiger partial charge is 0.240 e. The van der Waals surface area contributed by atoms with Crippen molar-refractivity contribution in [3.8, 4) is 0 Å². The van der Waals surface area contributed by atoms with Gasteiger partial charge in [0.15, 0.2) is 0 Å². The molecule has 0 radical (unpaired) electrons. The molecular weight excluding hydrogens is 336 g/mol. The van der Waals surface area contributed by atoms with E-state index in [4.69, 9.17) is 0 Å². The van der Waals surface area contributed by atoms with Crippen molar-refractivity contribution in [2.24, 2.45) is 5.92 Å². The van der Waals surface area contributed by atoms with Gasteiger partial charge in [0, 0.05) is 30.9 Å². The molecule has 0 N–H and O–H groups in total. The largest absolute Gasteiger partial charge is 0.335 e. The normalized spacial score (nSPS) is 23.3. The molecule has 1 aromatic heterocycles. The number of pyridine rings is 1. The molecule has 0 aliphatic carbocycles. The average molecular weight is 357 g/mol. The first-order valence-electron chi connectivity index (χ1n) is 8.97. The van der Waals surface area contributed by atoms with Gasteiger partial charge in [-0.3, -0.25) is 14.7 Å². The Bertz CT molecular complexity index is 799. The van der Waals surface area contributed by atoms with Crippen LogP contribution in [-0.2, 0) is 17.9 Å². The lowest BCUT2D eigenvalue weighted by Crippen LogP contribution is -2.58. The van der Waals surface area contributed by atoms with Crippen molar-refractivity contribution in [3.05, 3.63) is 65.5 Å². The van der Waals surface area contributed by atoms with Crippen LogP contribution in [-0.4, -0.2) is 39.8 Å². The highest BCUT2D eigenvalue weighted by molar-refractivity contribution is 5.83. The lowest BCUT2D eigenvalue weighted by Gasteiger charge is -2.46. The van der Waals surface area contributed by atoms with Crippen molar-refractivity contribution in [3.63, 3.8) is 0 Å². The fourth-order valence-corrected chi connectivity index (χ4v) is 4.01. The number of halogens is 2. The Labute approximate surface area is 151 Å². The SMILES string of the molecule is O=C1[C@H]2C[C@H](CCN2Cc2ccc(F)cc2F)CN1Cc1ccccn1. The van der Waals surface area contributed by atoms with Crippen molar-refractivity contribution in [1.29, 1.82) is 0 Å². The van der Waals surface area contributed by atoms with Crippen molar-refractivity contribution in [2.45, 2.75) is 32.0 Å². The lowest BCUT2D eigenvalue weighted by molar-refractivity contribution is -0.146. The quantitative estimate of drug-likeness (QED) is 0.844. The molecule has 2 aromatic rings. The number of likely N-dealkylation sites (tertiary alicyclic amines) is 2. The Morgan fingerprint density at radius 3 is 2.81 bits per heavy atom. The molecule has 2 fully saturated rings. The van der Waals surface area contributed by atoms with E-state index < -0.39 is 11.6 Å². The third-order valence-electron chi connectivity index (χ3n) is 5.36. The summed E-state index contributed by atoms with van der Waals surface area (Å²) in [6.45, 7) is 2.35. The summed E-state index contributed by atoms with van der Waals surface area (Å²) in [5.41, 5.74) is 1.30. The number of nitrogens with zero attached hydrogens (tertiary/aromatic N) is 3. The number of hydrogen-bond acceptors (Lipinski definition) is 3. The summed E-state index contributed by atoms with van der Waals surface area (Å²) >= 11 is 0. The lowest BCUT2D eigenvalue weighted by atomic mass is 9.85. The summed E-state index contributed by atoms with van der Waals surface area (Å²) < 4.78 is 27.1. The van der Waals surface area contributed by atoms with E-state index in [0.717, 1.165) is 37.7 Å². The molecule has 136 valence electrons. The van der Waals surface area contributed by atoms with E-state index in [1.54, 1.807) is 6.20 Å². The molecule has 1 amide bonds. The van der Waals surface area contributed by atoms with Gasteiger partial charge in [-0.15, -0.1) is 0 Å². The topological polar surface area (TPSA) is 36.4 Å². The number of amides is 1. The van der Waals surface area contributed by atoms with Gasteiger partial charge in [0.25, 0.3) is 0 Å². The molecule has 1 aromatic carbocycles. The maximum absolute atomic E-state index is 14.0. The number of piperidine rings is 2. The summed E-state index contributed by atoms with van der Waals surface area (Å²) in [7, 11) is 0. The third-order valence-corrected chi connectivity index (χ3v) is 5.36. The number of fused-ring (bicyclic) bond motifs is 2. The molecule has 3 heterocycles. The molecule has 2 aliphatic rings. The van der Waals surface area contributed by atoms with Gasteiger partial charge in [0.2, 0.25) is 5.91 Å². The second-order valence-electron chi connectivity index (χ2n) is 7.15. The second-order valence-corrected chi connectivity index (χ2v) is 7.15. The van der Waals surface area contributed by atoms with Gasteiger partial charge < -0.3 is 4.90 Å². The van der Waals surface area contributed by atoms with E-state index >= 15 is 0 Å². The van der Waals surface area contributed by atoms with E-state index in [9.17, 15) is 13.6 Å². The van der Waals surface area contributed by atoms with Crippen LogP contribution in [0, 0.1) is 17.6 Å². The van der Waals surface area contributed by atoms with Crippen molar-refractivity contribution < 1.29 is 13.6 Å². The van der Waals surface area contributed by atoms with Gasteiger partial charge in [-0.1, -0.05) is 12.1 Å². The van der Waals surface area contributed by atoms with Crippen molar-refractivity contribution in [1.82, 2.24) is 14.8 Å². The van der Waals surface area contributed by atoms with Crippen molar-refractivity contribution >= 4 is 5.91 Å². The molecule has 2 saturated heterocycles. The maximum atomic E-state index is 14.0. The van der Waals surface area contributed by atoms with Crippen LogP contribution >= 0.6 is 0 Å². The zero-order valence-electron chi connectivity index (χ0n) is 14.4. The van der Waals surface area contributed by atoms with E-state index in [1.165, 1.54) is 12.1 Å². The highest BCUT2D eigenvalue weighted by Crippen LogP contribution is 2.32. The summed E-state index contributed by atoms with van der Waals surface area (Å²) in [6, 6.07) is 9.09. The molecule has 2 bridgehead atoms. The van der Waals surface area contributed by atoms with Crippen LogP contribution in [0.1, 0.15) is 24.1 Å². The van der Waals surface area contributed by atoms with Gasteiger partial charge in [-0.25, -0.2) is 8.78 Å². The van der Waals surface area contributed by atoms with Crippen LogP contribution in [0.5, 0.6) is 0 Å². The number of rotatable bonds is 4. The fraction of sp³-hybridized carbons (Fsp3) is 0.400. The van der Waals surface area contributed by atoms with Crippen LogP contribution < -0.4 is 0 Å². The van der Waals surface area contributed by atoms with Crippen molar-refractivity contribution in [2.75, 3.05) is 13.1 Å². The van der Waals surface area contributed by atoms with Crippen LogP contribution in [0.3, 0.4) is 0 Å². The van der Waals surface area contributed by atoms with Crippen LogP contribution in [0.4, 0.5) is 8.78 Å². The fourth-order valence-electron chi connectivity index (χ4n) is 4.01. The standard InChI is InChI=1S/C20H21F2N3O/c21-16-5-4-15(18(22)10-16)12-24-8-6-14-9-19(24)20(26)25(11-14)13-17-3-1-2-7-23-17/h1-5,7,10,14,19H,6,8-9,11-13H2/t14-,19+/m0/s1. The Morgan fingerprint density at radius 1 is 1.15 bits per heavy atom. The molecule has 0 unspecified atom stereocenters. The minimum Gasteiger partial charge on any atom is -0.335 e. The highest BCUT2D eigenvalue weighted by Gasteiger charge is 2.41. The summed E-state index contributed by atoms with van der Waals surface area (Å²) in [4.78, 5) is 21.2. The summed E-state index contributed by atoms with van der Waals surface area (Å²) in [5, 5.41) is 0. The number of hydrogen-bond donors (Lipinski definition) is 0. The minimum atomic E-state index is -0.583. The highest BCUT2D eigenvalue weighted by atomic mass is 19.1. The number of carbonyl (C=O) groups excluding carboxylic acids is 1. The van der Waals surface area contributed by atoms with Crippen LogP contribution in [0.25, 0.3) is 0 Å². The van der Waals surface area contributed by atoms with Gasteiger partial charge in [0.05, 0.1) is 18.3 Å². The minimum absolute atomic E-state index is 0.0779. The van der Waals surface area contributed by atoms with Gasteiger partial charge in [-0.2, -0.15) is 0 Å². The molecular formula is C20H21F2N3O. The van der Waals surface area contributed by atoms with E-state index in [1.807, 2.05) is 28.0 Å². The molecule has 6 heteroatoms. The van der Waals surface area contributed by atoms with Gasteiger partial charge in [-0.05, 0) is 43.5 Å². The van der Waals surface area contributed by atoms with E-state index in [-0.39, 0.29) is 11.9 Å². The molecule has 0 saturated carbocycles. The first kappa shape index (κ1) is 17.1. The number of carbonyl (C=O) groups is 1. The first-order chi connectivity index (χ1) is 12.6. The Morgan fingerprint density at radius 2 is 2.04 bits per heavy atom. The average Bonchev–Trinajstić information content (AvgIpc) is 2.64. The number of benzene rings is 1. The van der Waals surface area contributed by atoms with E-state index in [0.29, 0.717) is 24.6 Å². The molecule has 2 atom stereocenters. The Balaban J connectivity index is 1.50. The second kappa shape index (κ2) is 7.11. The summed E-state index contributed by atoms with van der Waals surface area (Å²) in [6.07, 6.45) is 3.51.